The van der Waals surface area contributed by atoms with Crippen LogP contribution in [0.4, 0.5) is 24.5 Å². The van der Waals surface area contributed by atoms with Crippen molar-refractivity contribution in [2.75, 3.05) is 29.9 Å². The second kappa shape index (κ2) is 5.50. The Bertz CT molecular complexity index is 804. The molecule has 140 valence electrons. The van der Waals surface area contributed by atoms with Crippen molar-refractivity contribution < 1.29 is 22.7 Å². The molecule has 7 nitrogen and oxygen atoms in total. The smallest absolute Gasteiger partial charge is 0.418 e. The van der Waals surface area contributed by atoms with E-state index in [1.54, 1.807) is 11.8 Å². The Morgan fingerprint density at radius 1 is 1.38 bits per heavy atom. The van der Waals surface area contributed by atoms with Gasteiger partial charge in [-0.15, -0.1) is 0 Å². The molecule has 3 aliphatic heterocycles. The van der Waals surface area contributed by atoms with E-state index >= 15 is 0 Å². The lowest BCUT2D eigenvalue weighted by Crippen LogP contribution is -2.62. The van der Waals surface area contributed by atoms with Crippen LogP contribution in [0, 0.1) is 0 Å². The molecule has 3 heterocycles. The minimum atomic E-state index is -4.53. The molecule has 0 saturated carbocycles. The number of alkyl halides is 3. The molecule has 0 spiro atoms. The number of ether oxygens (including phenoxy) is 1. The fourth-order valence-corrected chi connectivity index (χ4v) is 3.32. The third-order valence-corrected chi connectivity index (χ3v) is 4.83. The zero-order valence-electron chi connectivity index (χ0n) is 14.2. The van der Waals surface area contributed by atoms with Crippen molar-refractivity contribution in [3.63, 3.8) is 0 Å². The van der Waals surface area contributed by atoms with Gasteiger partial charge in [0.25, 0.3) is 5.91 Å². The molecule has 0 radical (unpaired) electrons. The fourth-order valence-electron chi connectivity index (χ4n) is 3.32. The molecule has 1 amide bonds. The van der Waals surface area contributed by atoms with Gasteiger partial charge in [0.2, 0.25) is 0 Å². The maximum Gasteiger partial charge on any atom is 0.418 e. The summed E-state index contributed by atoms with van der Waals surface area (Å²) in [4.78, 5) is 13.6. The molecule has 1 aromatic rings. The standard InChI is InChI=1S/C16H18F3N5O2/c1-8-14(25)23-22-13-5-26-12-3-9(16(17,18)19)10(4-11(12)24(8)13)21-15(2)6-20-7-15/h3-4,8,20-21H,5-7H2,1-2H3,(H,23,25)/t8-/m0/s1. The molecular weight excluding hydrogens is 351 g/mol. The quantitative estimate of drug-likeness (QED) is 0.737. The summed E-state index contributed by atoms with van der Waals surface area (Å²) >= 11 is 0. The third kappa shape index (κ3) is 2.64. The number of hydrazone groups is 1. The van der Waals surface area contributed by atoms with Crippen molar-refractivity contribution in [1.82, 2.24) is 10.7 Å². The highest BCUT2D eigenvalue weighted by molar-refractivity contribution is 6.09. The van der Waals surface area contributed by atoms with Crippen LogP contribution in [0.1, 0.15) is 19.4 Å². The van der Waals surface area contributed by atoms with Gasteiger partial charge in [-0.1, -0.05) is 0 Å². The minimum Gasteiger partial charge on any atom is -0.483 e. The number of hydrogen-bond donors (Lipinski definition) is 3. The van der Waals surface area contributed by atoms with Gasteiger partial charge in [0, 0.05) is 18.8 Å². The Labute approximate surface area is 147 Å². The predicted octanol–water partition coefficient (Wildman–Crippen LogP) is 1.51. The van der Waals surface area contributed by atoms with Crippen LogP contribution in [-0.2, 0) is 11.0 Å². The van der Waals surface area contributed by atoms with Gasteiger partial charge in [0.1, 0.15) is 18.4 Å². The zero-order valence-corrected chi connectivity index (χ0v) is 14.2. The van der Waals surface area contributed by atoms with Crippen LogP contribution in [0.3, 0.4) is 0 Å². The third-order valence-electron chi connectivity index (χ3n) is 4.83. The highest BCUT2D eigenvalue weighted by Crippen LogP contribution is 2.45. The van der Waals surface area contributed by atoms with Crippen LogP contribution in [0.5, 0.6) is 5.75 Å². The molecule has 10 heteroatoms. The van der Waals surface area contributed by atoms with Crippen molar-refractivity contribution in [2.45, 2.75) is 31.6 Å². The van der Waals surface area contributed by atoms with Gasteiger partial charge in [-0.2, -0.15) is 18.3 Å². The van der Waals surface area contributed by atoms with Crippen LogP contribution in [0.2, 0.25) is 0 Å². The van der Waals surface area contributed by atoms with Gasteiger partial charge in [0.05, 0.1) is 16.8 Å². The summed E-state index contributed by atoms with van der Waals surface area (Å²) in [7, 11) is 0. The summed E-state index contributed by atoms with van der Waals surface area (Å²) in [5, 5.41) is 10.00. The minimum absolute atomic E-state index is 0.0106. The second-order valence-corrected chi connectivity index (χ2v) is 6.99. The molecule has 1 saturated heterocycles. The van der Waals surface area contributed by atoms with Crippen LogP contribution < -0.4 is 25.7 Å². The van der Waals surface area contributed by atoms with E-state index < -0.39 is 23.3 Å². The Morgan fingerprint density at radius 3 is 2.73 bits per heavy atom. The number of carbonyl (C=O) groups is 1. The normalized spacial score (nSPS) is 23.7. The highest BCUT2D eigenvalue weighted by Gasteiger charge is 2.41. The summed E-state index contributed by atoms with van der Waals surface area (Å²) in [6.45, 7) is 4.63. The number of amides is 1. The number of nitrogens with zero attached hydrogens (tertiary/aromatic N) is 2. The zero-order chi connectivity index (χ0) is 18.7. The first-order valence-electron chi connectivity index (χ1n) is 8.20. The van der Waals surface area contributed by atoms with Crippen LogP contribution in [0.15, 0.2) is 17.2 Å². The number of anilines is 2. The number of rotatable bonds is 2. The second-order valence-electron chi connectivity index (χ2n) is 6.99. The summed E-state index contributed by atoms with van der Waals surface area (Å²) in [6.07, 6.45) is -4.53. The first-order valence-corrected chi connectivity index (χ1v) is 8.20. The molecule has 1 fully saturated rings. The van der Waals surface area contributed by atoms with Crippen molar-refractivity contribution in [1.29, 1.82) is 0 Å². The molecule has 3 N–H and O–H groups in total. The number of fused-ring (bicyclic) bond motifs is 3. The molecular formula is C16H18F3N5O2. The number of benzene rings is 1. The number of carbonyl (C=O) groups excluding carboxylic acids is 1. The van der Waals surface area contributed by atoms with Gasteiger partial charge in [-0.25, -0.2) is 5.43 Å². The van der Waals surface area contributed by atoms with E-state index in [2.05, 4.69) is 21.2 Å². The molecule has 0 aliphatic carbocycles. The summed E-state index contributed by atoms with van der Waals surface area (Å²) in [6, 6.07) is 1.78. The Hall–Kier alpha value is -2.49. The van der Waals surface area contributed by atoms with Gasteiger partial charge < -0.3 is 20.3 Å². The first-order chi connectivity index (χ1) is 12.2. The Morgan fingerprint density at radius 2 is 2.12 bits per heavy atom. The van der Waals surface area contributed by atoms with E-state index in [1.807, 2.05) is 6.92 Å². The summed E-state index contributed by atoms with van der Waals surface area (Å²) in [5.41, 5.74) is 1.49. The van der Waals surface area contributed by atoms with Gasteiger partial charge in [-0.3, -0.25) is 4.79 Å². The molecule has 0 aromatic heterocycles. The van der Waals surface area contributed by atoms with E-state index in [0.717, 1.165) is 6.07 Å². The average Bonchev–Trinajstić information content (AvgIpc) is 2.54. The van der Waals surface area contributed by atoms with Crippen LogP contribution >= 0.6 is 0 Å². The van der Waals surface area contributed by atoms with Gasteiger partial charge >= 0.3 is 6.18 Å². The lowest BCUT2D eigenvalue weighted by molar-refractivity contribution is -0.137. The molecule has 0 unspecified atom stereocenters. The van der Waals surface area contributed by atoms with Crippen LogP contribution in [0.25, 0.3) is 0 Å². The Balaban J connectivity index is 1.83. The van der Waals surface area contributed by atoms with E-state index in [4.69, 9.17) is 4.74 Å². The predicted molar refractivity (Wildman–Crippen MR) is 89.4 cm³/mol. The monoisotopic (exact) mass is 369 g/mol. The fraction of sp³-hybridized carbons (Fsp3) is 0.500. The maximum atomic E-state index is 13.6. The number of amidine groups is 1. The SMILES string of the molecule is C[C@H]1C(=O)NN=C2COc3cc(C(F)(F)F)c(NC4(C)CNC4)cc3N21. The largest absolute Gasteiger partial charge is 0.483 e. The molecule has 3 aliphatic rings. The van der Waals surface area contributed by atoms with Crippen molar-refractivity contribution in [3.05, 3.63) is 17.7 Å². The molecule has 4 rings (SSSR count). The number of nitrogens with one attached hydrogen (secondary N) is 3. The summed E-state index contributed by atoms with van der Waals surface area (Å²) in [5.74, 6) is 0.207. The van der Waals surface area contributed by atoms with E-state index in [9.17, 15) is 18.0 Å². The van der Waals surface area contributed by atoms with Gasteiger partial charge in [-0.05, 0) is 26.0 Å². The van der Waals surface area contributed by atoms with E-state index in [-0.39, 0.29) is 24.0 Å². The number of halogens is 3. The highest BCUT2D eigenvalue weighted by atomic mass is 19.4. The number of hydrogen-bond acceptors (Lipinski definition) is 6. The van der Waals surface area contributed by atoms with Crippen LogP contribution in [-0.4, -0.2) is 43.0 Å². The lowest BCUT2D eigenvalue weighted by atomic mass is 9.94. The molecule has 26 heavy (non-hydrogen) atoms. The van der Waals surface area contributed by atoms with E-state index in [0.29, 0.717) is 24.6 Å². The summed E-state index contributed by atoms with van der Waals surface area (Å²) < 4.78 is 46.2. The van der Waals surface area contributed by atoms with Gasteiger partial charge in [0.15, 0.2) is 5.84 Å². The van der Waals surface area contributed by atoms with Crippen molar-refractivity contribution >= 4 is 23.1 Å². The molecule has 1 atom stereocenters. The molecule has 1 aromatic carbocycles. The van der Waals surface area contributed by atoms with Crippen molar-refractivity contribution in [3.8, 4) is 5.75 Å². The lowest BCUT2D eigenvalue weighted by Gasteiger charge is -2.42. The molecule has 0 bridgehead atoms. The Kier molecular flexibility index (Phi) is 3.59. The topological polar surface area (TPSA) is 78.0 Å². The average molecular weight is 369 g/mol. The maximum absolute atomic E-state index is 13.6. The van der Waals surface area contributed by atoms with E-state index in [1.165, 1.54) is 6.07 Å². The first kappa shape index (κ1) is 17.0. The van der Waals surface area contributed by atoms with Crippen molar-refractivity contribution in [2.24, 2.45) is 5.10 Å².